The molecule has 0 fully saturated rings. The van der Waals surface area contributed by atoms with E-state index >= 15 is 0 Å². The second-order valence-electron chi connectivity index (χ2n) is 6.42. The van der Waals surface area contributed by atoms with Gasteiger partial charge in [-0.15, -0.1) is 0 Å². The van der Waals surface area contributed by atoms with Crippen molar-refractivity contribution in [1.29, 1.82) is 0 Å². The molecule has 0 aromatic carbocycles. The average molecular weight is 298 g/mol. The van der Waals surface area contributed by atoms with Crippen molar-refractivity contribution < 1.29 is 4.74 Å². The summed E-state index contributed by atoms with van der Waals surface area (Å²) in [6.07, 6.45) is 21.7. The lowest BCUT2D eigenvalue weighted by molar-refractivity contribution is 0.125. The molecule has 0 saturated heterocycles. The van der Waals surface area contributed by atoms with Gasteiger partial charge in [0.1, 0.15) is 0 Å². The minimum atomic E-state index is 0.979. The Balaban J connectivity index is 2.90. The molecule has 0 amide bonds. The van der Waals surface area contributed by atoms with Gasteiger partial charge in [0.05, 0.1) is 0 Å². The van der Waals surface area contributed by atoms with Crippen LogP contribution in [0.15, 0.2) is 0 Å². The van der Waals surface area contributed by atoms with Crippen LogP contribution in [-0.2, 0) is 4.74 Å². The molecular weight excluding hydrogens is 256 g/mol. The fourth-order valence-corrected chi connectivity index (χ4v) is 2.70. The van der Waals surface area contributed by atoms with Gasteiger partial charge in [-0.25, -0.2) is 0 Å². The molecule has 0 aliphatic carbocycles. The Bertz CT molecular complexity index is 149. The van der Waals surface area contributed by atoms with Crippen LogP contribution in [0.3, 0.4) is 0 Å². The first-order chi connectivity index (χ1) is 10.4. The van der Waals surface area contributed by atoms with E-state index in [2.05, 4.69) is 13.8 Å². The zero-order chi connectivity index (χ0) is 15.4. The molecule has 0 bridgehead atoms. The topological polar surface area (TPSA) is 9.23 Å². The molecule has 0 unspecified atom stereocenters. The Kier molecular flexibility index (Phi) is 19.9. The molecule has 0 saturated carbocycles. The quantitative estimate of drug-likeness (QED) is 0.245. The summed E-state index contributed by atoms with van der Waals surface area (Å²) in [6.45, 7) is 8.12. The van der Waals surface area contributed by atoms with Crippen LogP contribution < -0.4 is 0 Å². The first-order valence-corrected chi connectivity index (χ1v) is 9.78. The van der Waals surface area contributed by atoms with Crippen molar-refractivity contribution in [2.24, 2.45) is 0 Å². The molecule has 0 aromatic heterocycles. The van der Waals surface area contributed by atoms with Crippen molar-refractivity contribution >= 4 is 0 Å². The summed E-state index contributed by atoms with van der Waals surface area (Å²) in [5.41, 5.74) is 0. The van der Waals surface area contributed by atoms with Crippen molar-refractivity contribution in [3.63, 3.8) is 0 Å². The third-order valence-corrected chi connectivity index (χ3v) is 4.18. The van der Waals surface area contributed by atoms with Crippen LogP contribution in [0.5, 0.6) is 0 Å². The van der Waals surface area contributed by atoms with Gasteiger partial charge in [0, 0.05) is 13.2 Å². The van der Waals surface area contributed by atoms with Gasteiger partial charge in [0.2, 0.25) is 0 Å². The van der Waals surface area contributed by atoms with E-state index in [1.165, 1.54) is 96.3 Å². The molecule has 0 spiro atoms. The van der Waals surface area contributed by atoms with E-state index in [4.69, 9.17) is 4.74 Å². The van der Waals surface area contributed by atoms with Gasteiger partial charge in [-0.1, -0.05) is 104 Å². The highest BCUT2D eigenvalue weighted by molar-refractivity contribution is 4.48. The first-order valence-electron chi connectivity index (χ1n) is 9.78. The average Bonchev–Trinajstić information content (AvgIpc) is 2.50. The summed E-state index contributed by atoms with van der Waals surface area (Å²) < 4.78 is 5.71. The van der Waals surface area contributed by atoms with Gasteiger partial charge in [-0.05, 0) is 12.8 Å². The normalized spacial score (nSPS) is 11.1. The molecule has 1 radical (unpaired) electrons. The predicted octanol–water partition coefficient (Wildman–Crippen LogP) is 7.10. The standard InChI is InChI=1S/C20H41O/c1-3-5-7-9-11-12-14-16-18-20-21-19-17-15-13-10-8-6-4-2/h2-20H2,1H3. The molecule has 127 valence electrons. The largest absolute Gasteiger partial charge is 0.381 e. The molecule has 0 rings (SSSR count). The second kappa shape index (κ2) is 20.0. The lowest BCUT2D eigenvalue weighted by atomic mass is 10.1. The zero-order valence-corrected chi connectivity index (χ0v) is 14.8. The lowest BCUT2D eigenvalue weighted by Crippen LogP contribution is -1.97. The van der Waals surface area contributed by atoms with Crippen LogP contribution in [0.2, 0.25) is 0 Å². The maximum absolute atomic E-state index is 5.71. The summed E-state index contributed by atoms with van der Waals surface area (Å²) in [6, 6.07) is 0. The number of hydrogen-bond donors (Lipinski definition) is 0. The summed E-state index contributed by atoms with van der Waals surface area (Å²) in [4.78, 5) is 0. The Morgan fingerprint density at radius 2 is 0.905 bits per heavy atom. The van der Waals surface area contributed by atoms with E-state index in [1.807, 2.05) is 0 Å². The second-order valence-corrected chi connectivity index (χ2v) is 6.42. The summed E-state index contributed by atoms with van der Waals surface area (Å²) in [7, 11) is 0. The third-order valence-electron chi connectivity index (χ3n) is 4.18. The number of unbranched alkanes of at least 4 members (excludes halogenated alkanes) is 14. The predicted molar refractivity (Wildman–Crippen MR) is 95.7 cm³/mol. The van der Waals surface area contributed by atoms with Crippen LogP contribution in [0.25, 0.3) is 0 Å². The zero-order valence-electron chi connectivity index (χ0n) is 14.8. The SMILES string of the molecule is [CH2]CCCCCCCCOCCCCCCCCCCC. The van der Waals surface area contributed by atoms with Gasteiger partial charge in [-0.3, -0.25) is 0 Å². The van der Waals surface area contributed by atoms with Gasteiger partial charge in [0.25, 0.3) is 0 Å². The molecule has 0 atom stereocenters. The van der Waals surface area contributed by atoms with Crippen LogP contribution in [0.4, 0.5) is 0 Å². The van der Waals surface area contributed by atoms with Crippen LogP contribution in [0.1, 0.15) is 110 Å². The maximum Gasteiger partial charge on any atom is 0.0466 e. The van der Waals surface area contributed by atoms with Gasteiger partial charge < -0.3 is 4.74 Å². The maximum atomic E-state index is 5.71. The van der Waals surface area contributed by atoms with E-state index in [9.17, 15) is 0 Å². The van der Waals surface area contributed by atoms with E-state index in [0.717, 1.165) is 19.6 Å². The molecule has 1 nitrogen and oxygen atoms in total. The molecule has 0 heterocycles. The molecule has 1 heteroatoms. The number of rotatable bonds is 18. The summed E-state index contributed by atoms with van der Waals surface area (Å²) >= 11 is 0. The Morgan fingerprint density at radius 1 is 0.524 bits per heavy atom. The number of hydrogen-bond acceptors (Lipinski definition) is 1. The first kappa shape index (κ1) is 21.0. The number of ether oxygens (including phenoxy) is 1. The Hall–Kier alpha value is -0.0400. The van der Waals surface area contributed by atoms with E-state index in [1.54, 1.807) is 0 Å². The fourth-order valence-electron chi connectivity index (χ4n) is 2.70. The lowest BCUT2D eigenvalue weighted by Gasteiger charge is -2.05. The Morgan fingerprint density at radius 3 is 1.33 bits per heavy atom. The van der Waals surface area contributed by atoms with E-state index in [-0.39, 0.29) is 0 Å². The van der Waals surface area contributed by atoms with Gasteiger partial charge in [-0.2, -0.15) is 0 Å². The summed E-state index contributed by atoms with van der Waals surface area (Å²) in [5.74, 6) is 0. The third kappa shape index (κ3) is 20.0. The van der Waals surface area contributed by atoms with Gasteiger partial charge in [0.15, 0.2) is 0 Å². The minimum absolute atomic E-state index is 0.979. The smallest absolute Gasteiger partial charge is 0.0466 e. The summed E-state index contributed by atoms with van der Waals surface area (Å²) in [5, 5.41) is 0. The van der Waals surface area contributed by atoms with Crippen molar-refractivity contribution in [3.05, 3.63) is 6.92 Å². The molecular formula is C20H41O. The van der Waals surface area contributed by atoms with E-state index in [0.29, 0.717) is 0 Å². The van der Waals surface area contributed by atoms with Crippen molar-refractivity contribution in [3.8, 4) is 0 Å². The highest BCUT2D eigenvalue weighted by Gasteiger charge is 1.94. The van der Waals surface area contributed by atoms with Crippen molar-refractivity contribution in [2.75, 3.05) is 13.2 Å². The molecule has 21 heavy (non-hydrogen) atoms. The Labute approximate surface area is 135 Å². The molecule has 0 N–H and O–H groups in total. The van der Waals surface area contributed by atoms with Crippen molar-refractivity contribution in [1.82, 2.24) is 0 Å². The minimum Gasteiger partial charge on any atom is -0.381 e. The fraction of sp³-hybridized carbons (Fsp3) is 0.950. The highest BCUT2D eigenvalue weighted by atomic mass is 16.5. The monoisotopic (exact) mass is 297 g/mol. The van der Waals surface area contributed by atoms with E-state index < -0.39 is 0 Å². The highest BCUT2D eigenvalue weighted by Crippen LogP contribution is 2.10. The molecule has 0 aliphatic rings. The van der Waals surface area contributed by atoms with Crippen LogP contribution >= 0.6 is 0 Å². The molecule has 0 aliphatic heterocycles. The van der Waals surface area contributed by atoms with Gasteiger partial charge >= 0.3 is 0 Å². The van der Waals surface area contributed by atoms with Crippen molar-refractivity contribution in [2.45, 2.75) is 110 Å². The van der Waals surface area contributed by atoms with Crippen LogP contribution in [0, 0.1) is 6.92 Å². The molecule has 0 aromatic rings. The van der Waals surface area contributed by atoms with Crippen LogP contribution in [-0.4, -0.2) is 13.2 Å².